The van der Waals surface area contributed by atoms with E-state index >= 15 is 0 Å². The molecule has 0 saturated heterocycles. The second-order valence-electron chi connectivity index (χ2n) is 2.94. The molecule has 14 heavy (non-hydrogen) atoms. The normalized spacial score (nSPS) is 10.8. The Morgan fingerprint density at radius 1 is 1.29 bits per heavy atom. The van der Waals surface area contributed by atoms with Gasteiger partial charge in [0.25, 0.3) is 0 Å². The van der Waals surface area contributed by atoms with Gasteiger partial charge in [0.1, 0.15) is 0 Å². The van der Waals surface area contributed by atoms with Gasteiger partial charge in [-0.25, -0.2) is 0 Å². The molecule has 0 aliphatic heterocycles. The van der Waals surface area contributed by atoms with E-state index in [9.17, 15) is 0 Å². The summed E-state index contributed by atoms with van der Waals surface area (Å²) in [6, 6.07) is 5.45. The van der Waals surface area contributed by atoms with Gasteiger partial charge < -0.3 is 15.8 Å². The maximum atomic E-state index is 9.02. The molecule has 0 spiro atoms. The Morgan fingerprint density at radius 2 is 2.00 bits per heavy atom. The average Bonchev–Trinajstić information content (AvgIpc) is 2.47. The highest BCUT2D eigenvalue weighted by Crippen LogP contribution is 2.27. The molecule has 1 aromatic heterocycles. The monoisotopic (exact) mass is 319 g/mol. The first-order valence-electron chi connectivity index (χ1n) is 3.92. The van der Waals surface area contributed by atoms with E-state index in [-0.39, 0.29) is 0 Å². The summed E-state index contributed by atoms with van der Waals surface area (Å²) in [5.74, 6) is 0. The second-order valence-corrected chi connectivity index (χ2v) is 5.19. The zero-order valence-corrected chi connectivity index (χ0v) is 10.0. The Bertz CT molecular complexity index is 485. The number of benzene rings is 1. The molecule has 0 bridgehead atoms. The van der Waals surface area contributed by atoms with Crippen LogP contribution in [0.5, 0.6) is 0 Å². The van der Waals surface area contributed by atoms with E-state index < -0.39 is 7.12 Å². The first kappa shape index (κ1) is 10.2. The fourth-order valence-corrected chi connectivity index (χ4v) is 3.20. The van der Waals surface area contributed by atoms with Gasteiger partial charge in [-0.3, -0.25) is 0 Å². The minimum Gasteiger partial charge on any atom is -0.423 e. The molecule has 0 atom stereocenters. The van der Waals surface area contributed by atoms with Crippen molar-refractivity contribution in [3.05, 3.63) is 21.8 Å². The predicted octanol–water partition coefficient (Wildman–Crippen LogP) is 0.768. The van der Waals surface area contributed by atoms with Crippen molar-refractivity contribution in [1.29, 1.82) is 0 Å². The third-order valence-corrected chi connectivity index (χ3v) is 4.31. The van der Waals surface area contributed by atoms with Crippen LogP contribution in [0.1, 0.15) is 0 Å². The van der Waals surface area contributed by atoms with E-state index in [2.05, 4.69) is 22.6 Å². The molecule has 0 amide bonds. The predicted molar refractivity (Wildman–Crippen MR) is 68.8 cm³/mol. The maximum absolute atomic E-state index is 9.02. The highest BCUT2D eigenvalue weighted by molar-refractivity contribution is 14.1. The van der Waals surface area contributed by atoms with Crippen molar-refractivity contribution in [3.63, 3.8) is 0 Å². The van der Waals surface area contributed by atoms with E-state index in [1.165, 1.54) is 11.3 Å². The molecule has 4 N–H and O–H groups in total. The minimum absolute atomic E-state index is 0.545. The van der Waals surface area contributed by atoms with Gasteiger partial charge in [0.05, 0.1) is 0 Å². The Kier molecular flexibility index (Phi) is 2.69. The van der Waals surface area contributed by atoms with Crippen molar-refractivity contribution >= 4 is 61.6 Å². The van der Waals surface area contributed by atoms with Crippen LogP contribution in [0.3, 0.4) is 0 Å². The zero-order valence-electron chi connectivity index (χ0n) is 7.07. The molecule has 1 heterocycles. The van der Waals surface area contributed by atoms with Crippen LogP contribution in [0.15, 0.2) is 18.2 Å². The Balaban J connectivity index is 2.70. The molecule has 0 radical (unpaired) electrons. The number of rotatable bonds is 1. The van der Waals surface area contributed by atoms with Crippen molar-refractivity contribution in [2.45, 2.75) is 0 Å². The molecular formula is C8H7BINO2S. The first-order valence-corrected chi connectivity index (χ1v) is 5.82. The molecule has 6 heteroatoms. The van der Waals surface area contributed by atoms with Gasteiger partial charge in [-0.15, -0.1) is 11.3 Å². The lowest BCUT2D eigenvalue weighted by Gasteiger charge is -1.95. The SMILES string of the molecule is Nc1cc(I)c2sc(B(O)O)cc2c1. The Labute approximate surface area is 98.8 Å². The summed E-state index contributed by atoms with van der Waals surface area (Å²) in [6.07, 6.45) is 0. The smallest absolute Gasteiger partial charge is 0.423 e. The lowest BCUT2D eigenvalue weighted by atomic mass is 9.89. The maximum Gasteiger partial charge on any atom is 0.499 e. The van der Waals surface area contributed by atoms with E-state index in [4.69, 9.17) is 15.8 Å². The first-order chi connectivity index (χ1) is 6.58. The Hall–Kier alpha value is -0.305. The average molecular weight is 319 g/mol. The summed E-state index contributed by atoms with van der Waals surface area (Å²) < 4.78 is 2.63. The van der Waals surface area contributed by atoms with Gasteiger partial charge in [-0.2, -0.15) is 0 Å². The van der Waals surface area contributed by atoms with Gasteiger partial charge in [-0.1, -0.05) is 0 Å². The summed E-state index contributed by atoms with van der Waals surface area (Å²) in [5, 5.41) is 19.0. The second kappa shape index (κ2) is 3.69. The van der Waals surface area contributed by atoms with Crippen LogP contribution in [0.4, 0.5) is 5.69 Å². The number of halogens is 1. The summed E-state index contributed by atoms with van der Waals surface area (Å²) in [7, 11) is -1.40. The third-order valence-electron chi connectivity index (χ3n) is 1.87. The van der Waals surface area contributed by atoms with E-state index in [0.29, 0.717) is 10.5 Å². The van der Waals surface area contributed by atoms with E-state index in [1.54, 1.807) is 6.07 Å². The molecule has 0 saturated carbocycles. The topological polar surface area (TPSA) is 66.5 Å². The van der Waals surface area contributed by atoms with Crippen molar-refractivity contribution < 1.29 is 10.0 Å². The fourth-order valence-electron chi connectivity index (χ4n) is 1.28. The van der Waals surface area contributed by atoms with Crippen LogP contribution >= 0.6 is 33.9 Å². The van der Waals surface area contributed by atoms with Gasteiger partial charge in [-0.05, 0) is 46.2 Å². The molecule has 0 fully saturated rings. The molecule has 0 aliphatic rings. The minimum atomic E-state index is -1.40. The lowest BCUT2D eigenvalue weighted by molar-refractivity contribution is 0.427. The zero-order chi connectivity index (χ0) is 10.3. The molecule has 2 rings (SSSR count). The van der Waals surface area contributed by atoms with Crippen LogP contribution in [0.25, 0.3) is 10.1 Å². The Morgan fingerprint density at radius 3 is 2.64 bits per heavy atom. The molecule has 3 nitrogen and oxygen atoms in total. The van der Waals surface area contributed by atoms with Crippen molar-refractivity contribution in [2.75, 3.05) is 5.73 Å². The number of nitrogen functional groups attached to an aromatic ring is 1. The number of hydrogen-bond acceptors (Lipinski definition) is 4. The van der Waals surface area contributed by atoms with Gasteiger partial charge in [0, 0.05) is 18.7 Å². The number of anilines is 1. The molecule has 2 aromatic rings. The molecule has 0 aliphatic carbocycles. The highest BCUT2D eigenvalue weighted by Gasteiger charge is 2.15. The largest absolute Gasteiger partial charge is 0.499 e. The van der Waals surface area contributed by atoms with Crippen LogP contribution in [0, 0.1) is 3.57 Å². The number of thiophene rings is 1. The van der Waals surface area contributed by atoms with Gasteiger partial charge in [0.15, 0.2) is 0 Å². The molecule has 0 unspecified atom stereocenters. The molecular weight excluding hydrogens is 312 g/mol. The van der Waals surface area contributed by atoms with Crippen LogP contribution in [-0.2, 0) is 0 Å². The quantitative estimate of drug-likeness (QED) is 0.413. The molecule has 72 valence electrons. The summed E-state index contributed by atoms with van der Waals surface area (Å²) >= 11 is 3.57. The van der Waals surface area contributed by atoms with Crippen LogP contribution in [0.2, 0.25) is 0 Å². The van der Waals surface area contributed by atoms with Crippen molar-refractivity contribution in [2.24, 2.45) is 0 Å². The van der Waals surface area contributed by atoms with Gasteiger partial charge >= 0.3 is 7.12 Å². The van der Waals surface area contributed by atoms with Crippen molar-refractivity contribution in [3.8, 4) is 0 Å². The fraction of sp³-hybridized carbons (Fsp3) is 0. The summed E-state index contributed by atoms with van der Waals surface area (Å²) in [4.78, 5) is 0. The standard InChI is InChI=1S/C8H7BINO2S/c10-6-3-5(11)1-4-2-7(9(12)13)14-8(4)6/h1-3,12-13H,11H2. The van der Waals surface area contributed by atoms with E-state index in [1.807, 2.05) is 12.1 Å². The summed E-state index contributed by atoms with van der Waals surface area (Å²) in [6.45, 7) is 0. The van der Waals surface area contributed by atoms with Gasteiger partial charge in [0.2, 0.25) is 0 Å². The lowest BCUT2D eigenvalue weighted by Crippen LogP contribution is -2.26. The van der Waals surface area contributed by atoms with Crippen LogP contribution in [-0.4, -0.2) is 17.2 Å². The number of fused-ring (bicyclic) bond motifs is 1. The third kappa shape index (κ3) is 1.74. The van der Waals surface area contributed by atoms with Crippen molar-refractivity contribution in [1.82, 2.24) is 0 Å². The number of hydrogen-bond donors (Lipinski definition) is 3. The summed E-state index contributed by atoms with van der Waals surface area (Å²) in [5.41, 5.74) is 6.38. The van der Waals surface area contributed by atoms with E-state index in [0.717, 1.165) is 13.7 Å². The van der Waals surface area contributed by atoms with Crippen LogP contribution < -0.4 is 10.5 Å². The molecule has 1 aromatic carbocycles. The number of nitrogens with two attached hydrogens (primary N) is 1. The highest BCUT2D eigenvalue weighted by atomic mass is 127.